The van der Waals surface area contributed by atoms with Crippen molar-refractivity contribution in [2.24, 2.45) is 0 Å². The molecule has 1 N–H and O–H groups in total. The van der Waals surface area contributed by atoms with Gasteiger partial charge in [0.1, 0.15) is 5.58 Å². The second kappa shape index (κ2) is 5.29. The van der Waals surface area contributed by atoms with E-state index < -0.39 is 0 Å². The van der Waals surface area contributed by atoms with Gasteiger partial charge in [-0.1, -0.05) is 42.5 Å². The number of rotatable bonds is 2. The summed E-state index contributed by atoms with van der Waals surface area (Å²) in [5.74, 6) is 0.451. The van der Waals surface area contributed by atoms with Gasteiger partial charge in [0, 0.05) is 17.3 Å². The minimum atomic E-state index is -0.0430. The van der Waals surface area contributed by atoms with Crippen molar-refractivity contribution in [1.82, 2.24) is 0 Å². The number of para-hydroxylation sites is 1. The molecule has 4 aromatic rings. The molecule has 1 aromatic heterocycles. The lowest BCUT2D eigenvalue weighted by Gasteiger charge is -2.09. The third-order valence-corrected chi connectivity index (χ3v) is 4.03. The molecule has 0 saturated carbocycles. The molecule has 0 aliphatic rings. The normalized spacial score (nSPS) is 11.0. The summed E-state index contributed by atoms with van der Waals surface area (Å²) in [7, 11) is 0. The fourth-order valence-corrected chi connectivity index (χ4v) is 2.89. The molecular formula is C20H15NO2. The molecule has 0 saturated heterocycles. The van der Waals surface area contributed by atoms with Gasteiger partial charge in [0.2, 0.25) is 5.88 Å². The summed E-state index contributed by atoms with van der Waals surface area (Å²) in [5, 5.41) is 5.90. The van der Waals surface area contributed by atoms with Crippen molar-refractivity contribution >= 4 is 33.3 Å². The van der Waals surface area contributed by atoms with Gasteiger partial charge in [-0.2, -0.15) is 0 Å². The van der Waals surface area contributed by atoms with E-state index in [4.69, 9.17) is 4.42 Å². The highest BCUT2D eigenvalue weighted by atomic mass is 16.3. The lowest BCUT2D eigenvalue weighted by atomic mass is 10.0. The maximum atomic E-state index is 12.5. The molecule has 0 unspecified atom stereocenters. The maximum Gasteiger partial charge on any atom is 0.201 e. The van der Waals surface area contributed by atoms with Gasteiger partial charge in [-0.25, -0.2) is 0 Å². The van der Waals surface area contributed by atoms with E-state index in [0.29, 0.717) is 16.9 Å². The van der Waals surface area contributed by atoms with Gasteiger partial charge in [0.05, 0.1) is 5.39 Å². The van der Waals surface area contributed by atoms with Gasteiger partial charge in [0.15, 0.2) is 5.43 Å². The predicted octanol–water partition coefficient (Wildman–Crippen LogP) is 5.00. The molecule has 0 aliphatic carbocycles. The largest absolute Gasteiger partial charge is 0.440 e. The molecule has 112 valence electrons. The Kier molecular flexibility index (Phi) is 3.12. The lowest BCUT2D eigenvalue weighted by molar-refractivity contribution is 0.620. The molecule has 0 aliphatic heterocycles. The monoisotopic (exact) mass is 301 g/mol. The summed E-state index contributed by atoms with van der Waals surface area (Å²) >= 11 is 0. The highest BCUT2D eigenvalue weighted by molar-refractivity contribution is 5.99. The molecule has 0 fully saturated rings. The van der Waals surface area contributed by atoms with Crippen LogP contribution >= 0.6 is 0 Å². The van der Waals surface area contributed by atoms with Gasteiger partial charge in [-0.15, -0.1) is 0 Å². The molecular weight excluding hydrogens is 286 g/mol. The van der Waals surface area contributed by atoms with Gasteiger partial charge in [0.25, 0.3) is 0 Å². The van der Waals surface area contributed by atoms with Crippen molar-refractivity contribution in [3.8, 4) is 0 Å². The molecule has 3 heteroatoms. The third kappa shape index (κ3) is 2.36. The molecule has 0 amide bonds. The zero-order valence-electron chi connectivity index (χ0n) is 12.7. The minimum absolute atomic E-state index is 0.0430. The number of hydrogen-bond acceptors (Lipinski definition) is 3. The van der Waals surface area contributed by atoms with E-state index in [0.717, 1.165) is 22.0 Å². The van der Waals surface area contributed by atoms with Gasteiger partial charge in [-0.05, 0) is 35.9 Å². The van der Waals surface area contributed by atoms with Crippen LogP contribution in [-0.2, 0) is 0 Å². The topological polar surface area (TPSA) is 42.2 Å². The summed E-state index contributed by atoms with van der Waals surface area (Å²) in [6.45, 7) is 1.99. The van der Waals surface area contributed by atoms with Crippen LogP contribution in [0.3, 0.4) is 0 Å². The second-order valence-electron chi connectivity index (χ2n) is 5.57. The minimum Gasteiger partial charge on any atom is -0.440 e. The van der Waals surface area contributed by atoms with Crippen LogP contribution in [0.5, 0.6) is 0 Å². The average Bonchev–Trinajstić information content (AvgIpc) is 2.57. The zero-order valence-corrected chi connectivity index (χ0v) is 12.7. The van der Waals surface area contributed by atoms with Gasteiger partial charge >= 0.3 is 0 Å². The quantitative estimate of drug-likeness (QED) is 0.530. The predicted molar refractivity (Wildman–Crippen MR) is 94.5 cm³/mol. The van der Waals surface area contributed by atoms with E-state index in [9.17, 15) is 4.79 Å². The van der Waals surface area contributed by atoms with Crippen LogP contribution in [-0.4, -0.2) is 0 Å². The molecule has 23 heavy (non-hydrogen) atoms. The molecule has 4 rings (SSSR count). The fourth-order valence-electron chi connectivity index (χ4n) is 2.89. The Balaban J connectivity index is 1.94. The highest BCUT2D eigenvalue weighted by Crippen LogP contribution is 2.28. The summed E-state index contributed by atoms with van der Waals surface area (Å²) in [4.78, 5) is 12.5. The van der Waals surface area contributed by atoms with Crippen molar-refractivity contribution in [2.75, 3.05) is 5.32 Å². The average molecular weight is 301 g/mol. The lowest BCUT2D eigenvalue weighted by Crippen LogP contribution is -2.03. The van der Waals surface area contributed by atoms with Crippen LogP contribution in [0.4, 0.5) is 11.6 Å². The third-order valence-electron chi connectivity index (χ3n) is 4.03. The number of benzene rings is 3. The van der Waals surface area contributed by atoms with E-state index in [-0.39, 0.29) is 5.43 Å². The van der Waals surface area contributed by atoms with Gasteiger partial charge in [-0.3, -0.25) is 4.79 Å². The Labute approximate surface area is 133 Å². The molecule has 3 nitrogen and oxygen atoms in total. The first-order valence-corrected chi connectivity index (χ1v) is 7.51. The van der Waals surface area contributed by atoms with E-state index in [2.05, 4.69) is 5.32 Å². The van der Waals surface area contributed by atoms with Crippen LogP contribution in [0.15, 0.2) is 75.9 Å². The Hall–Kier alpha value is -3.07. The summed E-state index contributed by atoms with van der Waals surface area (Å²) in [6, 6.07) is 21.1. The number of aryl methyl sites for hydroxylation is 1. The molecule has 0 spiro atoms. The highest BCUT2D eigenvalue weighted by Gasteiger charge is 2.10. The van der Waals surface area contributed by atoms with Crippen molar-refractivity contribution in [3.05, 3.63) is 82.5 Å². The van der Waals surface area contributed by atoms with Crippen LogP contribution in [0.25, 0.3) is 21.7 Å². The van der Waals surface area contributed by atoms with Crippen LogP contribution in [0, 0.1) is 6.92 Å². The van der Waals surface area contributed by atoms with Crippen molar-refractivity contribution < 1.29 is 4.42 Å². The molecule has 0 radical (unpaired) electrons. The summed E-state index contributed by atoms with van der Waals surface area (Å²) < 4.78 is 5.97. The number of anilines is 2. The Morgan fingerprint density at radius 2 is 1.61 bits per heavy atom. The van der Waals surface area contributed by atoms with Crippen LogP contribution in [0.1, 0.15) is 5.56 Å². The van der Waals surface area contributed by atoms with Crippen molar-refractivity contribution in [1.29, 1.82) is 0 Å². The first-order valence-electron chi connectivity index (χ1n) is 7.51. The van der Waals surface area contributed by atoms with Crippen LogP contribution in [0.2, 0.25) is 0 Å². The Bertz CT molecular complexity index is 1070. The SMILES string of the molecule is Cc1c2ccccc2cc2c(=O)cc(Nc3ccccc3)oc12. The maximum absolute atomic E-state index is 12.5. The molecule has 0 atom stereocenters. The summed E-state index contributed by atoms with van der Waals surface area (Å²) in [6.07, 6.45) is 0. The first-order chi connectivity index (χ1) is 11.2. The number of nitrogens with one attached hydrogen (secondary N) is 1. The summed E-state index contributed by atoms with van der Waals surface area (Å²) in [5.41, 5.74) is 2.45. The Morgan fingerprint density at radius 3 is 2.43 bits per heavy atom. The van der Waals surface area contributed by atoms with Crippen molar-refractivity contribution in [3.63, 3.8) is 0 Å². The Morgan fingerprint density at radius 1 is 0.870 bits per heavy atom. The number of fused-ring (bicyclic) bond motifs is 2. The van der Waals surface area contributed by atoms with E-state index >= 15 is 0 Å². The fraction of sp³-hybridized carbons (Fsp3) is 0.0500. The van der Waals surface area contributed by atoms with E-state index in [1.807, 2.05) is 67.6 Å². The second-order valence-corrected chi connectivity index (χ2v) is 5.57. The standard InChI is InChI=1S/C20H15NO2/c1-13-16-10-6-5-7-14(16)11-17-18(22)12-19(23-20(13)17)21-15-8-3-2-4-9-15/h2-12,21H,1H3. The molecule has 3 aromatic carbocycles. The van der Waals surface area contributed by atoms with Crippen LogP contribution < -0.4 is 10.7 Å². The zero-order chi connectivity index (χ0) is 15.8. The number of hydrogen-bond donors (Lipinski definition) is 1. The van der Waals surface area contributed by atoms with Gasteiger partial charge < -0.3 is 9.73 Å². The van der Waals surface area contributed by atoms with E-state index in [1.54, 1.807) is 0 Å². The molecule has 1 heterocycles. The van der Waals surface area contributed by atoms with E-state index in [1.165, 1.54) is 6.07 Å². The van der Waals surface area contributed by atoms with Crippen molar-refractivity contribution in [2.45, 2.75) is 6.92 Å². The smallest absolute Gasteiger partial charge is 0.201 e. The molecule has 0 bridgehead atoms. The first kappa shape index (κ1) is 13.6.